The summed E-state index contributed by atoms with van der Waals surface area (Å²) in [6.07, 6.45) is 9.57. The molecule has 8 nitrogen and oxygen atoms in total. The first-order valence-corrected chi connectivity index (χ1v) is 11.4. The number of amides is 2. The predicted octanol–water partition coefficient (Wildman–Crippen LogP) is 3.67. The van der Waals surface area contributed by atoms with E-state index in [0.29, 0.717) is 37.7 Å². The molecule has 3 aromatic rings. The lowest BCUT2D eigenvalue weighted by atomic mass is 10.1. The zero-order chi connectivity index (χ0) is 23.9. The lowest BCUT2D eigenvalue weighted by Crippen LogP contribution is -2.52. The molecule has 2 amide bonds. The third-order valence-corrected chi connectivity index (χ3v) is 5.81. The molecule has 0 saturated carbocycles. The summed E-state index contributed by atoms with van der Waals surface area (Å²) >= 11 is 6.32. The van der Waals surface area contributed by atoms with Gasteiger partial charge in [-0.25, -0.2) is 9.78 Å². The van der Waals surface area contributed by atoms with E-state index in [4.69, 9.17) is 16.7 Å². The number of aromatic nitrogens is 2. The van der Waals surface area contributed by atoms with Gasteiger partial charge in [-0.1, -0.05) is 35.9 Å². The average molecular weight is 480 g/mol. The number of nitrogens with zero attached hydrogens (tertiary/aromatic N) is 4. The summed E-state index contributed by atoms with van der Waals surface area (Å²) in [6, 6.07) is 14.0. The molecule has 4 rings (SSSR count). The fourth-order valence-electron chi connectivity index (χ4n) is 3.87. The maximum Gasteiger partial charge on any atom is 0.323 e. The van der Waals surface area contributed by atoms with Gasteiger partial charge in [0.25, 0.3) is 0 Å². The van der Waals surface area contributed by atoms with Crippen LogP contribution in [0.25, 0.3) is 12.2 Å². The molecule has 1 fully saturated rings. The van der Waals surface area contributed by atoms with Gasteiger partial charge >= 0.3 is 12.0 Å². The van der Waals surface area contributed by atoms with E-state index in [1.807, 2.05) is 29.0 Å². The van der Waals surface area contributed by atoms with Crippen molar-refractivity contribution < 1.29 is 14.7 Å². The number of nitrogens with one attached hydrogen (secondary N) is 1. The zero-order valence-corrected chi connectivity index (χ0v) is 19.4. The van der Waals surface area contributed by atoms with Crippen molar-refractivity contribution in [1.29, 1.82) is 0 Å². The van der Waals surface area contributed by atoms with E-state index in [2.05, 4.69) is 51.6 Å². The van der Waals surface area contributed by atoms with Crippen molar-refractivity contribution in [2.24, 2.45) is 0 Å². The third-order valence-electron chi connectivity index (χ3n) is 5.59. The second kappa shape index (κ2) is 10.9. The number of hydrogen-bond donors (Lipinski definition) is 2. The first kappa shape index (κ1) is 23.4. The molecule has 0 atom stereocenters. The molecule has 2 heterocycles. The van der Waals surface area contributed by atoms with E-state index in [1.165, 1.54) is 0 Å². The van der Waals surface area contributed by atoms with Gasteiger partial charge in [0.05, 0.1) is 6.33 Å². The average Bonchev–Trinajstić information content (AvgIpc) is 3.34. The van der Waals surface area contributed by atoms with Crippen LogP contribution in [0.5, 0.6) is 0 Å². The van der Waals surface area contributed by atoms with Crippen LogP contribution >= 0.6 is 11.6 Å². The SMILES string of the molecule is O=C(O)CNC(=O)N1CCN(c2ccc(C=Cc3cc(Cl)cc(Cn4ccnc4)c3)cc2)CC1. The van der Waals surface area contributed by atoms with Gasteiger partial charge in [0.2, 0.25) is 0 Å². The van der Waals surface area contributed by atoms with Crippen LogP contribution < -0.4 is 10.2 Å². The Labute approximate surface area is 203 Å². The van der Waals surface area contributed by atoms with Crippen LogP contribution in [0.15, 0.2) is 61.2 Å². The molecule has 0 spiro atoms. The number of anilines is 1. The van der Waals surface area contributed by atoms with Crippen LogP contribution in [0, 0.1) is 0 Å². The van der Waals surface area contributed by atoms with Crippen LogP contribution in [-0.2, 0) is 11.3 Å². The van der Waals surface area contributed by atoms with E-state index in [1.54, 1.807) is 17.4 Å². The van der Waals surface area contributed by atoms with Crippen molar-refractivity contribution in [3.05, 3.63) is 82.9 Å². The van der Waals surface area contributed by atoms with Gasteiger partial charge < -0.3 is 24.8 Å². The van der Waals surface area contributed by atoms with Gasteiger partial charge in [0, 0.05) is 55.8 Å². The Morgan fingerprint density at radius 2 is 1.76 bits per heavy atom. The number of urea groups is 1. The first-order valence-electron chi connectivity index (χ1n) is 11.0. The summed E-state index contributed by atoms with van der Waals surface area (Å²) in [4.78, 5) is 30.6. The molecule has 0 radical (unpaired) electrons. The molecule has 176 valence electrons. The van der Waals surface area contributed by atoms with Crippen LogP contribution in [0.2, 0.25) is 5.02 Å². The predicted molar refractivity (Wildman–Crippen MR) is 133 cm³/mol. The Hall–Kier alpha value is -3.78. The Balaban J connectivity index is 1.33. The van der Waals surface area contributed by atoms with Gasteiger partial charge in [-0.3, -0.25) is 4.79 Å². The molecule has 2 aromatic carbocycles. The fraction of sp³-hybridized carbons (Fsp3) is 0.240. The number of carboxylic acids is 1. The van der Waals surface area contributed by atoms with Crippen molar-refractivity contribution in [3.8, 4) is 0 Å². The number of halogens is 1. The summed E-state index contributed by atoms with van der Waals surface area (Å²) in [5.74, 6) is -1.05. The van der Waals surface area contributed by atoms with Crippen molar-refractivity contribution in [1.82, 2.24) is 19.8 Å². The quantitative estimate of drug-likeness (QED) is 0.504. The number of imidazole rings is 1. The number of carbonyl (C=O) groups is 2. The molecule has 0 aliphatic carbocycles. The van der Waals surface area contributed by atoms with Crippen LogP contribution in [0.1, 0.15) is 16.7 Å². The van der Waals surface area contributed by atoms with E-state index in [9.17, 15) is 9.59 Å². The highest BCUT2D eigenvalue weighted by molar-refractivity contribution is 6.30. The normalized spacial score (nSPS) is 13.9. The number of rotatable bonds is 7. The number of carbonyl (C=O) groups excluding carboxylic acids is 1. The van der Waals surface area contributed by atoms with Crippen LogP contribution in [0.4, 0.5) is 10.5 Å². The molecule has 0 bridgehead atoms. The number of hydrogen-bond acceptors (Lipinski definition) is 4. The monoisotopic (exact) mass is 479 g/mol. The molecule has 1 saturated heterocycles. The molecule has 1 aromatic heterocycles. The second-order valence-corrected chi connectivity index (χ2v) is 8.52. The van der Waals surface area contributed by atoms with Gasteiger partial charge in [0.1, 0.15) is 6.54 Å². The summed E-state index contributed by atoms with van der Waals surface area (Å²) in [7, 11) is 0. The van der Waals surface area contributed by atoms with Crippen molar-refractivity contribution in [2.45, 2.75) is 6.54 Å². The Morgan fingerprint density at radius 1 is 1.03 bits per heavy atom. The Kier molecular flexibility index (Phi) is 7.49. The fourth-order valence-corrected chi connectivity index (χ4v) is 4.14. The minimum Gasteiger partial charge on any atom is -0.480 e. The molecule has 2 N–H and O–H groups in total. The molecule has 1 aliphatic rings. The Bertz CT molecular complexity index is 1150. The van der Waals surface area contributed by atoms with Gasteiger partial charge in [0.15, 0.2) is 0 Å². The number of carboxylic acid groups (broad SMARTS) is 1. The highest BCUT2D eigenvalue weighted by Gasteiger charge is 2.21. The highest BCUT2D eigenvalue weighted by Crippen LogP contribution is 2.21. The van der Waals surface area contributed by atoms with Gasteiger partial charge in [-0.05, 0) is 47.0 Å². The molecule has 1 aliphatic heterocycles. The summed E-state index contributed by atoms with van der Waals surface area (Å²) < 4.78 is 2.00. The minimum atomic E-state index is -1.05. The summed E-state index contributed by atoms with van der Waals surface area (Å²) in [6.45, 7) is 2.82. The standard InChI is InChI=1S/C25H26ClN5O3/c26-22-14-20(13-21(15-22)17-29-8-7-27-18-29)2-1-19-3-5-23(6-4-19)30-9-11-31(12-10-30)25(34)28-16-24(32)33/h1-8,13-15,18H,9-12,16-17H2,(H,28,34)(H,32,33). The van der Waals surface area contributed by atoms with Crippen molar-refractivity contribution in [3.63, 3.8) is 0 Å². The zero-order valence-electron chi connectivity index (χ0n) is 18.6. The third kappa shape index (κ3) is 6.39. The van der Waals surface area contributed by atoms with Gasteiger partial charge in [-0.2, -0.15) is 0 Å². The van der Waals surface area contributed by atoms with Crippen molar-refractivity contribution >= 4 is 41.4 Å². The lowest BCUT2D eigenvalue weighted by molar-refractivity contribution is -0.135. The molecule has 9 heteroatoms. The minimum absolute atomic E-state index is 0.336. The number of aliphatic carboxylic acids is 1. The Morgan fingerprint density at radius 3 is 2.44 bits per heavy atom. The molecule has 0 unspecified atom stereocenters. The molecular weight excluding hydrogens is 454 g/mol. The van der Waals surface area contributed by atoms with E-state index in [0.717, 1.165) is 22.4 Å². The van der Waals surface area contributed by atoms with E-state index >= 15 is 0 Å². The second-order valence-electron chi connectivity index (χ2n) is 8.08. The van der Waals surface area contributed by atoms with Crippen molar-refractivity contribution in [2.75, 3.05) is 37.6 Å². The largest absolute Gasteiger partial charge is 0.480 e. The smallest absolute Gasteiger partial charge is 0.323 e. The maximum atomic E-state index is 12.0. The van der Waals surface area contributed by atoms with E-state index in [-0.39, 0.29) is 12.6 Å². The summed E-state index contributed by atoms with van der Waals surface area (Å²) in [5, 5.41) is 11.8. The molecular formula is C25H26ClN5O3. The van der Waals surface area contributed by atoms with Gasteiger partial charge in [-0.15, -0.1) is 0 Å². The van der Waals surface area contributed by atoms with E-state index < -0.39 is 5.97 Å². The maximum absolute atomic E-state index is 12.0. The molecule has 34 heavy (non-hydrogen) atoms. The number of piperazine rings is 1. The highest BCUT2D eigenvalue weighted by atomic mass is 35.5. The topological polar surface area (TPSA) is 90.7 Å². The van der Waals surface area contributed by atoms with Crippen LogP contribution in [-0.4, -0.2) is 64.3 Å². The number of benzene rings is 2. The lowest BCUT2D eigenvalue weighted by Gasteiger charge is -2.36. The van der Waals surface area contributed by atoms with Crippen LogP contribution in [0.3, 0.4) is 0 Å². The summed E-state index contributed by atoms with van der Waals surface area (Å²) in [5.41, 5.74) is 4.31. The first-order chi connectivity index (χ1) is 16.5.